The van der Waals surface area contributed by atoms with Crippen molar-refractivity contribution in [3.05, 3.63) is 18.2 Å². The minimum Gasteiger partial charge on any atom is -0.348 e. The highest BCUT2D eigenvalue weighted by atomic mass is 14.9. The SMILES string of the molecule is CCCCCCCC(CCC)c1ncc[nH]1. The molecule has 0 saturated heterocycles. The minimum atomic E-state index is 0.654. The number of hydrogen-bond donors (Lipinski definition) is 1. The lowest BCUT2D eigenvalue weighted by Gasteiger charge is -2.13. The molecule has 0 amide bonds. The van der Waals surface area contributed by atoms with Gasteiger partial charge in [-0.15, -0.1) is 0 Å². The van der Waals surface area contributed by atoms with E-state index in [9.17, 15) is 0 Å². The molecule has 1 unspecified atom stereocenters. The number of aromatic nitrogens is 2. The topological polar surface area (TPSA) is 28.7 Å². The average molecular weight is 222 g/mol. The van der Waals surface area contributed by atoms with Crippen LogP contribution in [0, 0.1) is 0 Å². The fraction of sp³-hybridized carbons (Fsp3) is 0.786. The third-order valence-electron chi connectivity index (χ3n) is 3.20. The molecule has 1 N–H and O–H groups in total. The van der Waals surface area contributed by atoms with E-state index in [0.717, 1.165) is 0 Å². The van der Waals surface area contributed by atoms with E-state index in [1.165, 1.54) is 57.2 Å². The van der Waals surface area contributed by atoms with E-state index in [0.29, 0.717) is 5.92 Å². The Morgan fingerprint density at radius 3 is 2.50 bits per heavy atom. The second-order valence-electron chi connectivity index (χ2n) is 4.66. The fourth-order valence-electron chi connectivity index (χ4n) is 2.26. The zero-order valence-electron chi connectivity index (χ0n) is 10.8. The van der Waals surface area contributed by atoms with Crippen LogP contribution in [-0.4, -0.2) is 9.97 Å². The Morgan fingerprint density at radius 1 is 1.06 bits per heavy atom. The number of imidazole rings is 1. The first-order valence-electron chi connectivity index (χ1n) is 6.87. The molecule has 1 atom stereocenters. The molecular formula is C14H26N2. The maximum Gasteiger partial charge on any atom is 0.109 e. The van der Waals surface area contributed by atoms with Crippen LogP contribution in [0.25, 0.3) is 0 Å². The molecule has 1 heterocycles. The van der Waals surface area contributed by atoms with Crippen molar-refractivity contribution in [2.24, 2.45) is 0 Å². The van der Waals surface area contributed by atoms with E-state index in [1.807, 2.05) is 12.4 Å². The quantitative estimate of drug-likeness (QED) is 0.605. The maximum atomic E-state index is 4.39. The van der Waals surface area contributed by atoms with Gasteiger partial charge in [-0.2, -0.15) is 0 Å². The number of nitrogens with zero attached hydrogens (tertiary/aromatic N) is 1. The van der Waals surface area contributed by atoms with Crippen LogP contribution in [0.15, 0.2) is 12.4 Å². The summed E-state index contributed by atoms with van der Waals surface area (Å²) in [7, 11) is 0. The lowest BCUT2D eigenvalue weighted by Crippen LogP contribution is -2.01. The summed E-state index contributed by atoms with van der Waals surface area (Å²) < 4.78 is 0. The Bertz CT molecular complexity index is 241. The zero-order valence-corrected chi connectivity index (χ0v) is 10.8. The molecule has 0 radical (unpaired) electrons. The van der Waals surface area contributed by atoms with Crippen molar-refractivity contribution in [1.29, 1.82) is 0 Å². The average Bonchev–Trinajstić information content (AvgIpc) is 2.81. The van der Waals surface area contributed by atoms with Crippen LogP contribution in [0.1, 0.15) is 77.0 Å². The molecule has 0 spiro atoms. The summed E-state index contributed by atoms with van der Waals surface area (Å²) in [6.45, 7) is 4.52. The molecule has 1 rings (SSSR count). The molecule has 0 aromatic carbocycles. The molecule has 0 saturated carbocycles. The van der Waals surface area contributed by atoms with Gasteiger partial charge in [0.1, 0.15) is 5.82 Å². The van der Waals surface area contributed by atoms with Gasteiger partial charge in [-0.1, -0.05) is 52.4 Å². The van der Waals surface area contributed by atoms with Crippen LogP contribution in [-0.2, 0) is 0 Å². The normalized spacial score (nSPS) is 12.9. The Hall–Kier alpha value is -0.790. The first-order chi connectivity index (χ1) is 7.88. The van der Waals surface area contributed by atoms with Gasteiger partial charge in [0, 0.05) is 18.3 Å². The van der Waals surface area contributed by atoms with E-state index < -0.39 is 0 Å². The molecule has 1 aromatic rings. The van der Waals surface area contributed by atoms with Crippen molar-refractivity contribution in [2.75, 3.05) is 0 Å². The van der Waals surface area contributed by atoms with Crippen LogP contribution < -0.4 is 0 Å². The number of nitrogens with one attached hydrogen (secondary N) is 1. The maximum absolute atomic E-state index is 4.39. The third-order valence-corrected chi connectivity index (χ3v) is 3.20. The van der Waals surface area contributed by atoms with Gasteiger partial charge < -0.3 is 4.98 Å². The molecule has 16 heavy (non-hydrogen) atoms. The summed E-state index contributed by atoms with van der Waals surface area (Å²) in [6.07, 6.45) is 14.5. The van der Waals surface area contributed by atoms with Gasteiger partial charge in [-0.25, -0.2) is 4.98 Å². The van der Waals surface area contributed by atoms with Crippen molar-refractivity contribution in [3.63, 3.8) is 0 Å². The molecule has 0 aliphatic carbocycles. The highest BCUT2D eigenvalue weighted by molar-refractivity contribution is 4.96. The molecule has 0 fully saturated rings. The number of hydrogen-bond acceptors (Lipinski definition) is 1. The van der Waals surface area contributed by atoms with Crippen molar-refractivity contribution in [3.8, 4) is 0 Å². The molecule has 1 aromatic heterocycles. The number of aromatic amines is 1. The largest absolute Gasteiger partial charge is 0.348 e. The molecule has 0 aliphatic heterocycles. The summed E-state index contributed by atoms with van der Waals surface area (Å²) in [5.74, 6) is 1.85. The summed E-state index contributed by atoms with van der Waals surface area (Å²) in [4.78, 5) is 7.66. The predicted octanol–water partition coefficient (Wildman–Crippen LogP) is 4.65. The summed E-state index contributed by atoms with van der Waals surface area (Å²) in [6, 6.07) is 0. The van der Waals surface area contributed by atoms with Gasteiger partial charge in [0.2, 0.25) is 0 Å². The molecule has 92 valence electrons. The van der Waals surface area contributed by atoms with Crippen molar-refractivity contribution < 1.29 is 0 Å². The van der Waals surface area contributed by atoms with Gasteiger partial charge >= 0.3 is 0 Å². The second-order valence-corrected chi connectivity index (χ2v) is 4.66. The van der Waals surface area contributed by atoms with E-state index in [2.05, 4.69) is 23.8 Å². The highest BCUT2D eigenvalue weighted by Gasteiger charge is 2.12. The van der Waals surface area contributed by atoms with Crippen LogP contribution in [0.3, 0.4) is 0 Å². The van der Waals surface area contributed by atoms with Crippen molar-refractivity contribution in [1.82, 2.24) is 9.97 Å². The van der Waals surface area contributed by atoms with Gasteiger partial charge in [-0.05, 0) is 12.8 Å². The molecular weight excluding hydrogens is 196 g/mol. The monoisotopic (exact) mass is 222 g/mol. The zero-order chi connectivity index (χ0) is 11.6. The van der Waals surface area contributed by atoms with Crippen LogP contribution in [0.4, 0.5) is 0 Å². The number of H-pyrrole nitrogens is 1. The summed E-state index contributed by atoms with van der Waals surface area (Å²) in [5.41, 5.74) is 0. The van der Waals surface area contributed by atoms with Crippen molar-refractivity contribution in [2.45, 2.75) is 71.1 Å². The fourth-order valence-corrected chi connectivity index (χ4v) is 2.26. The summed E-state index contributed by atoms with van der Waals surface area (Å²) in [5, 5.41) is 0. The van der Waals surface area contributed by atoms with Crippen LogP contribution in [0.5, 0.6) is 0 Å². The van der Waals surface area contributed by atoms with Gasteiger partial charge in [0.05, 0.1) is 0 Å². The predicted molar refractivity (Wildman–Crippen MR) is 69.6 cm³/mol. The minimum absolute atomic E-state index is 0.654. The van der Waals surface area contributed by atoms with Crippen LogP contribution in [0.2, 0.25) is 0 Å². The lowest BCUT2D eigenvalue weighted by atomic mass is 9.95. The van der Waals surface area contributed by atoms with Crippen LogP contribution >= 0.6 is 0 Å². The van der Waals surface area contributed by atoms with Crippen molar-refractivity contribution >= 4 is 0 Å². The highest BCUT2D eigenvalue weighted by Crippen LogP contribution is 2.24. The van der Waals surface area contributed by atoms with Gasteiger partial charge in [0.15, 0.2) is 0 Å². The van der Waals surface area contributed by atoms with Gasteiger partial charge in [0.25, 0.3) is 0 Å². The molecule has 0 bridgehead atoms. The first-order valence-corrected chi connectivity index (χ1v) is 6.87. The third kappa shape index (κ3) is 4.82. The van der Waals surface area contributed by atoms with E-state index in [-0.39, 0.29) is 0 Å². The number of unbranched alkanes of at least 4 members (excludes halogenated alkanes) is 4. The summed E-state index contributed by atoms with van der Waals surface area (Å²) >= 11 is 0. The Labute approximate surface area is 99.9 Å². The Morgan fingerprint density at radius 2 is 1.88 bits per heavy atom. The number of rotatable bonds is 9. The Kier molecular flexibility index (Phi) is 6.95. The molecule has 2 heteroatoms. The lowest BCUT2D eigenvalue weighted by molar-refractivity contribution is 0.500. The Balaban J connectivity index is 2.24. The van der Waals surface area contributed by atoms with E-state index >= 15 is 0 Å². The van der Waals surface area contributed by atoms with E-state index in [4.69, 9.17) is 0 Å². The van der Waals surface area contributed by atoms with E-state index in [1.54, 1.807) is 0 Å². The molecule has 0 aliphatic rings. The first kappa shape index (κ1) is 13.3. The standard InChI is InChI=1S/C14H26N2/c1-3-5-6-7-8-10-13(9-4-2)14-15-11-12-16-14/h11-13H,3-10H2,1-2H3,(H,15,16). The van der Waals surface area contributed by atoms with Gasteiger partial charge in [-0.3, -0.25) is 0 Å². The molecule has 2 nitrogen and oxygen atoms in total. The smallest absolute Gasteiger partial charge is 0.109 e. The second kappa shape index (κ2) is 8.37.